The van der Waals surface area contributed by atoms with Gasteiger partial charge < -0.3 is 10.3 Å². The van der Waals surface area contributed by atoms with Gasteiger partial charge in [-0.15, -0.1) is 0 Å². The van der Waals surface area contributed by atoms with Crippen molar-refractivity contribution in [1.29, 1.82) is 0 Å². The molecular weight excluding hydrogens is 274 g/mol. The van der Waals surface area contributed by atoms with Crippen LogP contribution in [0.2, 0.25) is 0 Å². The predicted molar refractivity (Wildman–Crippen MR) is 77.1 cm³/mol. The van der Waals surface area contributed by atoms with E-state index >= 15 is 0 Å². The molecule has 112 valence electrons. The predicted octanol–water partition coefficient (Wildman–Crippen LogP) is 3.75. The van der Waals surface area contributed by atoms with E-state index in [1.807, 2.05) is 0 Å². The Labute approximate surface area is 121 Å². The summed E-state index contributed by atoms with van der Waals surface area (Å²) in [4.78, 5) is 15.0. The Bertz CT molecular complexity index is 706. The normalized spacial score (nSPS) is 20.9. The lowest BCUT2D eigenvalue weighted by molar-refractivity contribution is 0.0932. The van der Waals surface area contributed by atoms with Crippen molar-refractivity contribution in [2.24, 2.45) is 5.41 Å². The van der Waals surface area contributed by atoms with Crippen molar-refractivity contribution < 1.29 is 13.6 Å². The lowest BCUT2D eigenvalue weighted by atomic mass is 9.92. The molecule has 2 aromatic rings. The van der Waals surface area contributed by atoms with Gasteiger partial charge >= 0.3 is 0 Å². The van der Waals surface area contributed by atoms with Crippen LogP contribution in [0.3, 0.4) is 0 Å². The van der Waals surface area contributed by atoms with E-state index in [-0.39, 0.29) is 28.4 Å². The van der Waals surface area contributed by atoms with E-state index in [2.05, 4.69) is 24.1 Å². The van der Waals surface area contributed by atoms with Crippen LogP contribution in [-0.2, 0) is 0 Å². The highest BCUT2D eigenvalue weighted by atomic mass is 19.1. The molecule has 0 spiro atoms. The van der Waals surface area contributed by atoms with E-state index in [1.165, 1.54) is 12.1 Å². The summed E-state index contributed by atoms with van der Waals surface area (Å²) in [5, 5.41) is 3.19. The fraction of sp³-hybridized carbons (Fsp3) is 0.438. The molecule has 3 nitrogen and oxygen atoms in total. The minimum absolute atomic E-state index is 0.139. The van der Waals surface area contributed by atoms with Crippen molar-refractivity contribution >= 4 is 16.8 Å². The molecule has 1 amide bonds. The van der Waals surface area contributed by atoms with Crippen LogP contribution in [-0.4, -0.2) is 16.9 Å². The minimum Gasteiger partial charge on any atom is -0.350 e. The first kappa shape index (κ1) is 14.0. The number of carbonyl (C=O) groups excluding carboxylic acids is 1. The third kappa shape index (κ3) is 2.77. The Balaban J connectivity index is 1.81. The second kappa shape index (κ2) is 4.83. The standard InChI is InChI=1S/C16H18F2N2O/c1-16(2)4-3-10(8-16)19-15(21)14-7-11-12(18)5-9(17)6-13(11)20-14/h5-7,10,20H,3-4,8H2,1-2H3,(H,19,21). The maximum absolute atomic E-state index is 13.6. The maximum atomic E-state index is 13.6. The monoisotopic (exact) mass is 292 g/mol. The van der Waals surface area contributed by atoms with Crippen molar-refractivity contribution in [2.75, 3.05) is 0 Å². The highest BCUT2D eigenvalue weighted by molar-refractivity contribution is 5.98. The van der Waals surface area contributed by atoms with E-state index in [4.69, 9.17) is 0 Å². The fourth-order valence-corrected chi connectivity index (χ4v) is 3.11. The second-order valence-electron chi connectivity index (χ2n) is 6.61. The molecule has 0 aliphatic heterocycles. The average Bonchev–Trinajstić information content (AvgIpc) is 2.93. The summed E-state index contributed by atoms with van der Waals surface area (Å²) in [6.45, 7) is 4.36. The molecule has 21 heavy (non-hydrogen) atoms. The molecule has 0 bridgehead atoms. The van der Waals surface area contributed by atoms with Crippen LogP contribution in [0.15, 0.2) is 18.2 Å². The third-order valence-electron chi connectivity index (χ3n) is 4.20. The zero-order valence-corrected chi connectivity index (χ0v) is 12.1. The smallest absolute Gasteiger partial charge is 0.267 e. The molecule has 5 heteroatoms. The highest BCUT2D eigenvalue weighted by Gasteiger charge is 2.32. The highest BCUT2D eigenvalue weighted by Crippen LogP contribution is 2.37. The number of halogens is 2. The molecule has 2 N–H and O–H groups in total. The quantitative estimate of drug-likeness (QED) is 0.870. The number of hydrogen-bond acceptors (Lipinski definition) is 1. The van der Waals surface area contributed by atoms with Crippen LogP contribution in [0.5, 0.6) is 0 Å². The lowest BCUT2D eigenvalue weighted by Gasteiger charge is -2.17. The Morgan fingerprint density at radius 2 is 2.10 bits per heavy atom. The van der Waals surface area contributed by atoms with E-state index in [0.717, 1.165) is 25.3 Å². The van der Waals surface area contributed by atoms with Crippen LogP contribution in [0.25, 0.3) is 10.9 Å². The number of nitrogens with one attached hydrogen (secondary N) is 2. The first-order valence-corrected chi connectivity index (χ1v) is 7.13. The summed E-state index contributed by atoms with van der Waals surface area (Å²) in [6.07, 6.45) is 2.95. The average molecular weight is 292 g/mol. The molecule has 1 aliphatic carbocycles. The van der Waals surface area contributed by atoms with E-state index in [1.54, 1.807) is 0 Å². The minimum atomic E-state index is -0.665. The number of amides is 1. The number of aromatic amines is 1. The number of H-pyrrole nitrogens is 1. The van der Waals surface area contributed by atoms with Crippen molar-refractivity contribution in [3.63, 3.8) is 0 Å². The van der Waals surface area contributed by atoms with Crippen molar-refractivity contribution in [2.45, 2.75) is 39.2 Å². The van der Waals surface area contributed by atoms with Gasteiger partial charge in [0.15, 0.2) is 0 Å². The Kier molecular flexibility index (Phi) is 3.23. The number of carbonyl (C=O) groups is 1. The van der Waals surface area contributed by atoms with Crippen LogP contribution in [0, 0.1) is 17.0 Å². The molecule has 1 saturated carbocycles. The lowest BCUT2D eigenvalue weighted by Crippen LogP contribution is -2.33. The van der Waals surface area contributed by atoms with Crippen molar-refractivity contribution in [1.82, 2.24) is 10.3 Å². The fourth-order valence-electron chi connectivity index (χ4n) is 3.11. The van der Waals surface area contributed by atoms with E-state index in [0.29, 0.717) is 5.52 Å². The largest absolute Gasteiger partial charge is 0.350 e. The summed E-state index contributed by atoms with van der Waals surface area (Å²) < 4.78 is 26.8. The number of rotatable bonds is 2. The molecule has 1 heterocycles. The molecular formula is C16H18F2N2O. The van der Waals surface area contributed by atoms with Crippen molar-refractivity contribution in [3.05, 3.63) is 35.5 Å². The number of hydrogen-bond donors (Lipinski definition) is 2. The number of aromatic nitrogens is 1. The van der Waals surface area contributed by atoms with Gasteiger partial charge in [-0.25, -0.2) is 8.78 Å². The second-order valence-corrected chi connectivity index (χ2v) is 6.61. The van der Waals surface area contributed by atoms with Gasteiger partial charge in [0.05, 0.1) is 5.52 Å². The summed E-state index contributed by atoms with van der Waals surface area (Å²) >= 11 is 0. The topological polar surface area (TPSA) is 44.9 Å². The van der Waals surface area contributed by atoms with Gasteiger partial charge in [-0.3, -0.25) is 4.79 Å². The van der Waals surface area contributed by atoms with Crippen LogP contribution < -0.4 is 5.32 Å². The zero-order chi connectivity index (χ0) is 15.2. The van der Waals surface area contributed by atoms with Gasteiger partial charge in [-0.1, -0.05) is 13.8 Å². The van der Waals surface area contributed by atoms with Gasteiger partial charge in [0, 0.05) is 17.5 Å². The summed E-state index contributed by atoms with van der Waals surface area (Å²) in [5.74, 6) is -1.60. The molecule has 1 aromatic carbocycles. The summed E-state index contributed by atoms with van der Waals surface area (Å²) in [7, 11) is 0. The van der Waals surface area contributed by atoms with Gasteiger partial charge in [0.2, 0.25) is 0 Å². The van der Waals surface area contributed by atoms with Gasteiger partial charge in [0.25, 0.3) is 5.91 Å². The molecule has 1 unspecified atom stereocenters. The SMILES string of the molecule is CC1(C)CCC(NC(=O)c2cc3c(F)cc(F)cc3[nH]2)C1. The molecule has 1 atom stereocenters. The third-order valence-corrected chi connectivity index (χ3v) is 4.20. The summed E-state index contributed by atoms with van der Waals surface area (Å²) in [5.41, 5.74) is 0.803. The molecule has 1 fully saturated rings. The maximum Gasteiger partial charge on any atom is 0.267 e. The zero-order valence-electron chi connectivity index (χ0n) is 12.1. The molecule has 3 rings (SSSR count). The van der Waals surface area contributed by atoms with E-state index in [9.17, 15) is 13.6 Å². The first-order chi connectivity index (χ1) is 9.84. The number of benzene rings is 1. The first-order valence-electron chi connectivity index (χ1n) is 7.13. The van der Waals surface area contributed by atoms with Crippen LogP contribution >= 0.6 is 0 Å². The van der Waals surface area contributed by atoms with Crippen molar-refractivity contribution in [3.8, 4) is 0 Å². The van der Waals surface area contributed by atoms with Crippen LogP contribution in [0.1, 0.15) is 43.6 Å². The Morgan fingerprint density at radius 1 is 1.33 bits per heavy atom. The van der Waals surface area contributed by atoms with Gasteiger partial charge in [-0.2, -0.15) is 0 Å². The molecule has 0 radical (unpaired) electrons. The molecule has 1 aliphatic rings. The van der Waals surface area contributed by atoms with E-state index < -0.39 is 11.6 Å². The number of fused-ring (bicyclic) bond motifs is 1. The van der Waals surface area contributed by atoms with Crippen LogP contribution in [0.4, 0.5) is 8.78 Å². The summed E-state index contributed by atoms with van der Waals surface area (Å²) in [6, 6.07) is 3.57. The molecule has 1 aromatic heterocycles. The molecule has 0 saturated heterocycles. The van der Waals surface area contributed by atoms with Gasteiger partial charge in [-0.05, 0) is 36.8 Å². The Hall–Kier alpha value is -1.91. The van der Waals surface area contributed by atoms with Gasteiger partial charge in [0.1, 0.15) is 17.3 Å². The Morgan fingerprint density at radius 3 is 2.76 bits per heavy atom.